The maximum Gasteiger partial charge on any atom is 0.416 e. The lowest BCUT2D eigenvalue weighted by atomic mass is 9.92. The fourth-order valence-electron chi connectivity index (χ4n) is 2.50. The number of benzene rings is 1. The first-order valence-corrected chi connectivity index (χ1v) is 5.93. The van der Waals surface area contributed by atoms with Crippen LogP contribution in [0.25, 0.3) is 0 Å². The summed E-state index contributed by atoms with van der Waals surface area (Å²) in [5, 5.41) is 10.2. The summed E-state index contributed by atoms with van der Waals surface area (Å²) in [6.07, 6.45) is -2.08. The van der Waals surface area contributed by atoms with Gasteiger partial charge in [0.05, 0.1) is 11.2 Å². The molecule has 1 aliphatic carbocycles. The van der Waals surface area contributed by atoms with Crippen molar-refractivity contribution in [3.63, 3.8) is 0 Å². The van der Waals surface area contributed by atoms with E-state index in [0.29, 0.717) is 24.8 Å². The van der Waals surface area contributed by atoms with Crippen LogP contribution in [0.2, 0.25) is 0 Å². The van der Waals surface area contributed by atoms with Gasteiger partial charge in [-0.1, -0.05) is 12.1 Å². The summed E-state index contributed by atoms with van der Waals surface area (Å²) in [5.41, 5.74) is 4.92. The van der Waals surface area contributed by atoms with Gasteiger partial charge in [-0.3, -0.25) is 0 Å². The van der Waals surface area contributed by atoms with Crippen LogP contribution in [0.4, 0.5) is 13.2 Å². The van der Waals surface area contributed by atoms with E-state index < -0.39 is 17.3 Å². The van der Waals surface area contributed by atoms with E-state index in [4.69, 9.17) is 5.73 Å². The maximum atomic E-state index is 12.4. The summed E-state index contributed by atoms with van der Waals surface area (Å²) in [4.78, 5) is 0. The van der Waals surface area contributed by atoms with Crippen molar-refractivity contribution in [1.29, 1.82) is 0 Å². The highest BCUT2D eigenvalue weighted by Gasteiger charge is 2.36. The second-order valence-electron chi connectivity index (χ2n) is 5.10. The molecule has 2 unspecified atom stereocenters. The number of nitrogens with two attached hydrogens (primary N) is 1. The third kappa shape index (κ3) is 3.03. The van der Waals surface area contributed by atoms with Gasteiger partial charge in [0.15, 0.2) is 0 Å². The topological polar surface area (TPSA) is 46.2 Å². The van der Waals surface area contributed by atoms with Crippen molar-refractivity contribution in [1.82, 2.24) is 0 Å². The summed E-state index contributed by atoms with van der Waals surface area (Å²) >= 11 is 0. The normalized spacial score (nSPS) is 28.6. The van der Waals surface area contributed by atoms with Gasteiger partial charge in [-0.25, -0.2) is 0 Å². The van der Waals surface area contributed by atoms with E-state index in [9.17, 15) is 18.3 Å². The molecule has 1 fully saturated rings. The molecule has 3 N–H and O–H groups in total. The predicted molar refractivity (Wildman–Crippen MR) is 61.9 cm³/mol. The Morgan fingerprint density at radius 1 is 1.28 bits per heavy atom. The van der Waals surface area contributed by atoms with Crippen LogP contribution in [-0.4, -0.2) is 16.7 Å². The van der Waals surface area contributed by atoms with Gasteiger partial charge in [-0.05, 0) is 37.0 Å². The second-order valence-corrected chi connectivity index (χ2v) is 5.10. The zero-order valence-corrected chi connectivity index (χ0v) is 9.87. The van der Waals surface area contributed by atoms with Crippen LogP contribution in [0, 0.1) is 0 Å². The summed E-state index contributed by atoms with van der Waals surface area (Å²) in [5.74, 6) is 0. The van der Waals surface area contributed by atoms with Crippen LogP contribution in [-0.2, 0) is 12.6 Å². The summed E-state index contributed by atoms with van der Waals surface area (Å²) in [7, 11) is 0. The molecule has 1 aromatic carbocycles. The largest absolute Gasteiger partial charge is 0.416 e. The zero-order valence-electron chi connectivity index (χ0n) is 9.87. The first-order chi connectivity index (χ1) is 8.28. The Hall–Kier alpha value is -1.07. The molecule has 0 amide bonds. The highest BCUT2D eigenvalue weighted by molar-refractivity contribution is 5.26. The van der Waals surface area contributed by atoms with Crippen LogP contribution in [0.5, 0.6) is 0 Å². The van der Waals surface area contributed by atoms with Crippen molar-refractivity contribution in [2.24, 2.45) is 5.73 Å². The molecule has 18 heavy (non-hydrogen) atoms. The van der Waals surface area contributed by atoms with Crippen LogP contribution in [0.1, 0.15) is 30.4 Å². The standard InChI is InChI=1S/C13H16F3NO/c14-13(15,16)10-3-1-9(2-4-10)7-12(18)6-5-11(17)8-12/h1-4,11,18H,5-8,17H2. The predicted octanol–water partition coefficient (Wildman–Crippen LogP) is 2.49. The fourth-order valence-corrected chi connectivity index (χ4v) is 2.50. The first kappa shape index (κ1) is 13.4. The Bertz CT molecular complexity index is 415. The molecule has 0 aromatic heterocycles. The van der Waals surface area contributed by atoms with E-state index in [2.05, 4.69) is 0 Å². The minimum absolute atomic E-state index is 0.00977. The van der Waals surface area contributed by atoms with E-state index in [1.54, 1.807) is 0 Å². The lowest BCUT2D eigenvalue weighted by molar-refractivity contribution is -0.137. The van der Waals surface area contributed by atoms with Gasteiger partial charge in [0.25, 0.3) is 0 Å². The van der Waals surface area contributed by atoms with E-state index >= 15 is 0 Å². The van der Waals surface area contributed by atoms with Crippen LogP contribution >= 0.6 is 0 Å². The van der Waals surface area contributed by atoms with Crippen LogP contribution in [0.15, 0.2) is 24.3 Å². The number of alkyl halides is 3. The van der Waals surface area contributed by atoms with Gasteiger partial charge in [0.1, 0.15) is 0 Å². The fraction of sp³-hybridized carbons (Fsp3) is 0.538. The van der Waals surface area contributed by atoms with Crippen molar-refractivity contribution in [3.05, 3.63) is 35.4 Å². The van der Waals surface area contributed by atoms with Gasteiger partial charge in [0.2, 0.25) is 0 Å². The van der Waals surface area contributed by atoms with Gasteiger partial charge < -0.3 is 10.8 Å². The lowest BCUT2D eigenvalue weighted by Gasteiger charge is -2.22. The molecule has 0 radical (unpaired) electrons. The van der Waals surface area contributed by atoms with E-state index in [1.165, 1.54) is 12.1 Å². The Kier molecular flexibility index (Phi) is 3.38. The lowest BCUT2D eigenvalue weighted by Crippen LogP contribution is -2.30. The first-order valence-electron chi connectivity index (χ1n) is 5.93. The summed E-state index contributed by atoms with van der Waals surface area (Å²) < 4.78 is 37.2. The van der Waals surface area contributed by atoms with Crippen molar-refractivity contribution < 1.29 is 18.3 Å². The molecular weight excluding hydrogens is 243 g/mol. The maximum absolute atomic E-state index is 12.4. The molecule has 2 nitrogen and oxygen atoms in total. The van der Waals surface area contributed by atoms with Gasteiger partial charge in [0, 0.05) is 12.5 Å². The van der Waals surface area contributed by atoms with Gasteiger partial charge in [-0.15, -0.1) is 0 Å². The molecule has 2 atom stereocenters. The molecule has 1 saturated carbocycles. The molecule has 100 valence electrons. The number of halogens is 3. The van der Waals surface area contributed by atoms with E-state index in [1.807, 2.05) is 0 Å². The highest BCUT2D eigenvalue weighted by atomic mass is 19.4. The van der Waals surface area contributed by atoms with Gasteiger partial charge >= 0.3 is 6.18 Å². The second kappa shape index (κ2) is 4.55. The highest BCUT2D eigenvalue weighted by Crippen LogP contribution is 2.33. The number of rotatable bonds is 2. The molecular formula is C13H16F3NO. The number of hydrogen-bond acceptors (Lipinski definition) is 2. The molecule has 5 heteroatoms. The Balaban J connectivity index is 2.07. The van der Waals surface area contributed by atoms with Crippen LogP contribution < -0.4 is 5.73 Å². The van der Waals surface area contributed by atoms with Crippen molar-refractivity contribution >= 4 is 0 Å². The molecule has 0 spiro atoms. The molecule has 1 aliphatic rings. The number of aliphatic hydroxyl groups is 1. The number of hydrogen-bond donors (Lipinski definition) is 2. The Morgan fingerprint density at radius 3 is 2.33 bits per heavy atom. The minimum Gasteiger partial charge on any atom is -0.389 e. The van der Waals surface area contributed by atoms with E-state index in [-0.39, 0.29) is 6.04 Å². The van der Waals surface area contributed by atoms with Crippen molar-refractivity contribution in [2.45, 2.75) is 43.5 Å². The third-order valence-electron chi connectivity index (χ3n) is 3.44. The average Bonchev–Trinajstić information content (AvgIpc) is 2.58. The molecule has 1 aromatic rings. The van der Waals surface area contributed by atoms with Crippen molar-refractivity contribution in [2.75, 3.05) is 0 Å². The Morgan fingerprint density at radius 2 is 1.89 bits per heavy atom. The molecule has 0 heterocycles. The molecule has 0 aliphatic heterocycles. The molecule has 0 saturated heterocycles. The monoisotopic (exact) mass is 259 g/mol. The van der Waals surface area contributed by atoms with E-state index in [0.717, 1.165) is 18.6 Å². The summed E-state index contributed by atoms with van der Waals surface area (Å²) in [6, 6.07) is 4.93. The minimum atomic E-state index is -4.31. The molecule has 2 rings (SSSR count). The van der Waals surface area contributed by atoms with Crippen molar-refractivity contribution in [3.8, 4) is 0 Å². The zero-order chi connectivity index (χ0) is 13.4. The van der Waals surface area contributed by atoms with Crippen LogP contribution in [0.3, 0.4) is 0 Å². The summed E-state index contributed by atoms with van der Waals surface area (Å²) in [6.45, 7) is 0. The average molecular weight is 259 g/mol. The smallest absolute Gasteiger partial charge is 0.389 e. The third-order valence-corrected chi connectivity index (χ3v) is 3.44. The SMILES string of the molecule is NC1CCC(O)(Cc2ccc(C(F)(F)F)cc2)C1. The van der Waals surface area contributed by atoms with Gasteiger partial charge in [-0.2, -0.15) is 13.2 Å². The quantitative estimate of drug-likeness (QED) is 0.857. The molecule has 0 bridgehead atoms. The Labute approximate surface area is 104 Å².